The lowest BCUT2D eigenvalue weighted by Gasteiger charge is -2.42. The second kappa shape index (κ2) is 6.66. The Bertz CT molecular complexity index is 574. The molecule has 1 aromatic rings. The Morgan fingerprint density at radius 2 is 2.12 bits per heavy atom. The van der Waals surface area contributed by atoms with Crippen LogP contribution in [0, 0.1) is 0 Å². The minimum atomic E-state index is 0.247. The number of piperidine rings is 1. The Balaban J connectivity index is 1.57. The SMILES string of the molecule is CCO[C@@H]1CC2(CCN([C@H]3CCOC3)CC2)c2cc(OC)ccc21. The van der Waals surface area contributed by atoms with E-state index in [0.29, 0.717) is 6.04 Å². The molecular weight excluding hydrogens is 302 g/mol. The van der Waals surface area contributed by atoms with E-state index in [1.165, 1.54) is 43.5 Å². The quantitative estimate of drug-likeness (QED) is 0.847. The maximum absolute atomic E-state index is 6.08. The smallest absolute Gasteiger partial charge is 0.119 e. The Kier molecular flexibility index (Phi) is 4.54. The van der Waals surface area contributed by atoms with Crippen molar-refractivity contribution in [3.8, 4) is 5.75 Å². The molecule has 0 saturated carbocycles. The minimum absolute atomic E-state index is 0.247. The monoisotopic (exact) mass is 331 g/mol. The molecule has 3 aliphatic rings. The molecule has 132 valence electrons. The van der Waals surface area contributed by atoms with E-state index in [4.69, 9.17) is 14.2 Å². The summed E-state index contributed by atoms with van der Waals surface area (Å²) in [6, 6.07) is 7.20. The third-order valence-corrected chi connectivity index (χ3v) is 6.30. The molecule has 0 unspecified atom stereocenters. The third kappa shape index (κ3) is 2.75. The van der Waals surface area contributed by atoms with E-state index in [2.05, 4.69) is 30.0 Å². The highest BCUT2D eigenvalue weighted by Gasteiger charge is 2.46. The van der Waals surface area contributed by atoms with Gasteiger partial charge in [0.25, 0.3) is 0 Å². The Morgan fingerprint density at radius 1 is 1.29 bits per heavy atom. The first-order valence-electron chi connectivity index (χ1n) is 9.37. The molecule has 1 spiro atoms. The zero-order valence-electron chi connectivity index (χ0n) is 14.9. The van der Waals surface area contributed by atoms with Crippen LogP contribution in [0.25, 0.3) is 0 Å². The van der Waals surface area contributed by atoms with Gasteiger partial charge in [0.1, 0.15) is 5.75 Å². The van der Waals surface area contributed by atoms with Crippen LogP contribution in [0.1, 0.15) is 49.8 Å². The van der Waals surface area contributed by atoms with E-state index in [-0.39, 0.29) is 11.5 Å². The summed E-state index contributed by atoms with van der Waals surface area (Å²) < 4.78 is 17.2. The van der Waals surface area contributed by atoms with Crippen molar-refractivity contribution in [1.82, 2.24) is 4.90 Å². The van der Waals surface area contributed by atoms with Gasteiger partial charge in [0.05, 0.1) is 19.8 Å². The van der Waals surface area contributed by atoms with Gasteiger partial charge in [-0.25, -0.2) is 0 Å². The molecular formula is C20H29NO3. The fourth-order valence-electron chi connectivity index (χ4n) is 4.93. The normalized spacial score (nSPS) is 29.1. The van der Waals surface area contributed by atoms with Crippen LogP contribution in [0.5, 0.6) is 5.75 Å². The van der Waals surface area contributed by atoms with E-state index in [1.54, 1.807) is 7.11 Å². The van der Waals surface area contributed by atoms with E-state index < -0.39 is 0 Å². The number of methoxy groups -OCH3 is 1. The second-order valence-electron chi connectivity index (χ2n) is 7.44. The van der Waals surface area contributed by atoms with Crippen molar-refractivity contribution < 1.29 is 14.2 Å². The number of rotatable bonds is 4. The number of hydrogen-bond donors (Lipinski definition) is 0. The van der Waals surface area contributed by atoms with Crippen LogP contribution in [0.3, 0.4) is 0 Å². The molecule has 2 heterocycles. The predicted octanol–water partition coefficient (Wildman–Crippen LogP) is 3.30. The number of likely N-dealkylation sites (tertiary alicyclic amines) is 1. The van der Waals surface area contributed by atoms with Crippen molar-refractivity contribution in [2.24, 2.45) is 0 Å². The molecule has 24 heavy (non-hydrogen) atoms. The van der Waals surface area contributed by atoms with Gasteiger partial charge < -0.3 is 14.2 Å². The third-order valence-electron chi connectivity index (χ3n) is 6.30. The van der Waals surface area contributed by atoms with Gasteiger partial charge in [0.15, 0.2) is 0 Å². The van der Waals surface area contributed by atoms with Crippen molar-refractivity contribution in [2.45, 2.75) is 50.2 Å². The highest BCUT2D eigenvalue weighted by atomic mass is 16.5. The molecule has 0 amide bonds. The molecule has 0 bridgehead atoms. The summed E-state index contributed by atoms with van der Waals surface area (Å²) in [5, 5.41) is 0. The number of ether oxygens (including phenoxy) is 3. The van der Waals surface area contributed by atoms with Gasteiger partial charge in [-0.1, -0.05) is 6.07 Å². The van der Waals surface area contributed by atoms with Crippen molar-refractivity contribution >= 4 is 0 Å². The summed E-state index contributed by atoms with van der Waals surface area (Å²) in [5.74, 6) is 0.969. The summed E-state index contributed by atoms with van der Waals surface area (Å²) in [6.45, 7) is 7.05. The Hall–Kier alpha value is -1.10. The van der Waals surface area contributed by atoms with Gasteiger partial charge in [-0.3, -0.25) is 4.90 Å². The van der Waals surface area contributed by atoms with E-state index >= 15 is 0 Å². The lowest BCUT2D eigenvalue weighted by Crippen LogP contribution is -2.46. The first kappa shape index (κ1) is 16.4. The molecule has 4 nitrogen and oxygen atoms in total. The Morgan fingerprint density at radius 3 is 2.79 bits per heavy atom. The van der Waals surface area contributed by atoms with Gasteiger partial charge in [0, 0.05) is 24.7 Å². The van der Waals surface area contributed by atoms with Crippen molar-refractivity contribution in [3.05, 3.63) is 29.3 Å². The maximum Gasteiger partial charge on any atom is 0.119 e. The van der Waals surface area contributed by atoms with Crippen LogP contribution in [0.4, 0.5) is 0 Å². The molecule has 4 heteroatoms. The van der Waals surface area contributed by atoms with Crippen LogP contribution in [0.15, 0.2) is 18.2 Å². The fraction of sp³-hybridized carbons (Fsp3) is 0.700. The summed E-state index contributed by atoms with van der Waals surface area (Å²) >= 11 is 0. The molecule has 1 aliphatic carbocycles. The summed E-state index contributed by atoms with van der Waals surface area (Å²) in [4.78, 5) is 2.64. The van der Waals surface area contributed by atoms with E-state index in [0.717, 1.165) is 32.0 Å². The Labute approximate surface area is 145 Å². The van der Waals surface area contributed by atoms with Crippen LogP contribution < -0.4 is 4.74 Å². The molecule has 0 N–H and O–H groups in total. The minimum Gasteiger partial charge on any atom is -0.497 e. The number of fused-ring (bicyclic) bond motifs is 2. The standard InChI is InChI=1S/C20H29NO3/c1-3-24-19-13-20(18-12-16(22-2)4-5-17(18)19)7-9-21(10-8-20)15-6-11-23-14-15/h4-5,12,15,19H,3,6-11,13-14H2,1-2H3/t15-,19+/m0/s1. The lowest BCUT2D eigenvalue weighted by molar-refractivity contribution is 0.0345. The predicted molar refractivity (Wildman–Crippen MR) is 93.7 cm³/mol. The van der Waals surface area contributed by atoms with Gasteiger partial charge in [-0.2, -0.15) is 0 Å². The zero-order chi connectivity index (χ0) is 16.6. The van der Waals surface area contributed by atoms with Crippen LogP contribution in [-0.2, 0) is 14.9 Å². The largest absolute Gasteiger partial charge is 0.497 e. The number of hydrogen-bond acceptors (Lipinski definition) is 4. The van der Waals surface area contributed by atoms with Gasteiger partial charge in [0.2, 0.25) is 0 Å². The molecule has 4 rings (SSSR count). The van der Waals surface area contributed by atoms with E-state index in [9.17, 15) is 0 Å². The zero-order valence-corrected chi connectivity index (χ0v) is 14.9. The number of nitrogens with zero attached hydrogens (tertiary/aromatic N) is 1. The van der Waals surface area contributed by atoms with E-state index in [1.807, 2.05) is 0 Å². The van der Waals surface area contributed by atoms with Gasteiger partial charge in [-0.05, 0) is 69.0 Å². The molecule has 1 aromatic carbocycles. The molecule has 2 fully saturated rings. The first-order chi connectivity index (χ1) is 11.8. The summed E-state index contributed by atoms with van der Waals surface area (Å²) in [6.07, 6.45) is 5.00. The topological polar surface area (TPSA) is 30.9 Å². The van der Waals surface area contributed by atoms with Crippen molar-refractivity contribution in [2.75, 3.05) is 40.0 Å². The molecule has 2 aliphatic heterocycles. The van der Waals surface area contributed by atoms with Gasteiger partial charge in [-0.15, -0.1) is 0 Å². The highest BCUT2D eigenvalue weighted by Crippen LogP contribution is 2.53. The van der Waals surface area contributed by atoms with Crippen LogP contribution in [0.2, 0.25) is 0 Å². The summed E-state index contributed by atoms with van der Waals surface area (Å²) in [7, 11) is 1.76. The van der Waals surface area contributed by atoms with Gasteiger partial charge >= 0.3 is 0 Å². The average Bonchev–Trinajstić information content (AvgIpc) is 3.24. The molecule has 2 atom stereocenters. The fourth-order valence-corrected chi connectivity index (χ4v) is 4.93. The number of benzene rings is 1. The van der Waals surface area contributed by atoms with Crippen LogP contribution in [-0.4, -0.2) is 51.0 Å². The lowest BCUT2D eigenvalue weighted by atomic mass is 9.73. The summed E-state index contributed by atoms with van der Waals surface area (Å²) in [5.41, 5.74) is 3.12. The second-order valence-corrected chi connectivity index (χ2v) is 7.44. The first-order valence-corrected chi connectivity index (χ1v) is 9.37. The van der Waals surface area contributed by atoms with Crippen molar-refractivity contribution in [1.29, 1.82) is 0 Å². The van der Waals surface area contributed by atoms with Crippen molar-refractivity contribution in [3.63, 3.8) is 0 Å². The van der Waals surface area contributed by atoms with Crippen LogP contribution >= 0.6 is 0 Å². The molecule has 0 radical (unpaired) electrons. The molecule has 2 saturated heterocycles. The maximum atomic E-state index is 6.08. The highest BCUT2D eigenvalue weighted by molar-refractivity contribution is 5.46. The molecule has 0 aromatic heterocycles. The average molecular weight is 331 g/mol.